The van der Waals surface area contributed by atoms with Gasteiger partial charge in [0.25, 0.3) is 5.91 Å². The van der Waals surface area contributed by atoms with Crippen molar-refractivity contribution in [3.05, 3.63) is 17.5 Å². The number of aromatic nitrogens is 2. The zero-order chi connectivity index (χ0) is 12.3. The SMILES string of the molecule is CC(C)CNC(=O)c1c(C(=O)O)cnn1C. The van der Waals surface area contributed by atoms with Crippen LogP contribution >= 0.6 is 0 Å². The molecule has 0 unspecified atom stereocenters. The Labute approximate surface area is 93.3 Å². The summed E-state index contributed by atoms with van der Waals surface area (Å²) < 4.78 is 1.26. The topological polar surface area (TPSA) is 84.2 Å². The van der Waals surface area contributed by atoms with Crippen LogP contribution in [0, 0.1) is 5.92 Å². The number of aryl methyl sites for hydroxylation is 1. The first-order valence-electron chi connectivity index (χ1n) is 4.97. The average Bonchev–Trinajstić information content (AvgIpc) is 2.56. The molecule has 2 N–H and O–H groups in total. The van der Waals surface area contributed by atoms with Crippen LogP contribution in [-0.4, -0.2) is 33.3 Å². The molecule has 0 aliphatic rings. The van der Waals surface area contributed by atoms with Crippen molar-refractivity contribution in [3.63, 3.8) is 0 Å². The summed E-state index contributed by atoms with van der Waals surface area (Å²) >= 11 is 0. The van der Waals surface area contributed by atoms with E-state index in [1.165, 1.54) is 17.9 Å². The van der Waals surface area contributed by atoms with E-state index in [9.17, 15) is 9.59 Å². The number of nitrogens with one attached hydrogen (secondary N) is 1. The second-order valence-corrected chi connectivity index (χ2v) is 3.94. The number of hydrogen-bond acceptors (Lipinski definition) is 3. The zero-order valence-electron chi connectivity index (χ0n) is 9.52. The molecule has 1 rings (SSSR count). The Morgan fingerprint density at radius 3 is 2.69 bits per heavy atom. The second-order valence-electron chi connectivity index (χ2n) is 3.94. The molecule has 0 bridgehead atoms. The number of hydrogen-bond donors (Lipinski definition) is 2. The maximum Gasteiger partial charge on any atom is 0.339 e. The van der Waals surface area contributed by atoms with Crippen molar-refractivity contribution in [2.75, 3.05) is 6.54 Å². The summed E-state index contributed by atoms with van der Waals surface area (Å²) in [6, 6.07) is 0. The molecule has 0 atom stereocenters. The minimum Gasteiger partial charge on any atom is -0.478 e. The maximum absolute atomic E-state index is 11.7. The van der Waals surface area contributed by atoms with Gasteiger partial charge in [0.2, 0.25) is 0 Å². The normalized spacial score (nSPS) is 10.5. The van der Waals surface area contributed by atoms with Gasteiger partial charge in [-0.15, -0.1) is 0 Å². The van der Waals surface area contributed by atoms with E-state index in [1.807, 2.05) is 13.8 Å². The standard InChI is InChI=1S/C10H15N3O3/c1-6(2)4-11-9(14)8-7(10(15)16)5-12-13(8)3/h5-6H,4H2,1-3H3,(H,11,14)(H,15,16). The fourth-order valence-electron chi connectivity index (χ4n) is 1.24. The van der Waals surface area contributed by atoms with Gasteiger partial charge < -0.3 is 10.4 Å². The Kier molecular flexibility index (Phi) is 3.65. The van der Waals surface area contributed by atoms with Crippen molar-refractivity contribution >= 4 is 11.9 Å². The second kappa shape index (κ2) is 4.78. The van der Waals surface area contributed by atoms with E-state index >= 15 is 0 Å². The van der Waals surface area contributed by atoms with E-state index in [0.717, 1.165) is 0 Å². The molecule has 0 fully saturated rings. The summed E-state index contributed by atoms with van der Waals surface area (Å²) in [6.45, 7) is 4.42. The molecule has 1 aromatic heterocycles. The van der Waals surface area contributed by atoms with Crippen LogP contribution in [-0.2, 0) is 7.05 Å². The number of aromatic carboxylic acids is 1. The highest BCUT2D eigenvalue weighted by molar-refractivity contribution is 6.03. The molecule has 0 saturated carbocycles. The number of carboxylic acids is 1. The smallest absolute Gasteiger partial charge is 0.339 e. The molecule has 1 heterocycles. The number of carbonyl (C=O) groups excluding carboxylic acids is 1. The van der Waals surface area contributed by atoms with Gasteiger partial charge in [0.15, 0.2) is 0 Å². The first-order chi connectivity index (χ1) is 7.43. The zero-order valence-corrected chi connectivity index (χ0v) is 9.52. The quantitative estimate of drug-likeness (QED) is 0.781. The van der Waals surface area contributed by atoms with Crippen LogP contribution in [0.3, 0.4) is 0 Å². The van der Waals surface area contributed by atoms with Crippen molar-refractivity contribution in [3.8, 4) is 0 Å². The Balaban J connectivity index is 2.90. The molecule has 1 amide bonds. The third kappa shape index (κ3) is 2.59. The highest BCUT2D eigenvalue weighted by Gasteiger charge is 2.21. The van der Waals surface area contributed by atoms with Crippen LogP contribution in [0.5, 0.6) is 0 Å². The molecule has 0 radical (unpaired) electrons. The average molecular weight is 225 g/mol. The fraction of sp³-hybridized carbons (Fsp3) is 0.500. The molecular weight excluding hydrogens is 210 g/mol. The molecule has 0 spiro atoms. The molecule has 6 heteroatoms. The Hall–Kier alpha value is -1.85. The Bertz CT molecular complexity index is 409. The summed E-state index contributed by atoms with van der Waals surface area (Å²) in [5.41, 5.74) is -0.00286. The lowest BCUT2D eigenvalue weighted by atomic mass is 10.2. The van der Waals surface area contributed by atoms with Crippen molar-refractivity contribution in [2.24, 2.45) is 13.0 Å². The van der Waals surface area contributed by atoms with Crippen LogP contribution in [0.4, 0.5) is 0 Å². The molecule has 0 saturated heterocycles. The van der Waals surface area contributed by atoms with Gasteiger partial charge >= 0.3 is 5.97 Å². The maximum atomic E-state index is 11.7. The predicted molar refractivity (Wildman–Crippen MR) is 57.3 cm³/mol. The Morgan fingerprint density at radius 2 is 2.19 bits per heavy atom. The van der Waals surface area contributed by atoms with Crippen molar-refractivity contribution in [2.45, 2.75) is 13.8 Å². The number of rotatable bonds is 4. The van der Waals surface area contributed by atoms with Crippen LogP contribution in [0.25, 0.3) is 0 Å². The van der Waals surface area contributed by atoms with Crippen LogP contribution in [0.15, 0.2) is 6.20 Å². The van der Waals surface area contributed by atoms with E-state index in [2.05, 4.69) is 10.4 Å². The number of nitrogens with zero attached hydrogens (tertiary/aromatic N) is 2. The van der Waals surface area contributed by atoms with Gasteiger partial charge in [-0.05, 0) is 5.92 Å². The van der Waals surface area contributed by atoms with E-state index in [4.69, 9.17) is 5.11 Å². The third-order valence-corrected chi connectivity index (χ3v) is 2.06. The van der Waals surface area contributed by atoms with Gasteiger partial charge in [0.1, 0.15) is 11.3 Å². The minimum absolute atomic E-state index is 0.0770. The van der Waals surface area contributed by atoms with Gasteiger partial charge in [0.05, 0.1) is 6.20 Å². The van der Waals surface area contributed by atoms with Crippen LogP contribution in [0.2, 0.25) is 0 Å². The predicted octanol–water partition coefficient (Wildman–Crippen LogP) is 0.504. The highest BCUT2D eigenvalue weighted by Crippen LogP contribution is 2.07. The summed E-state index contributed by atoms with van der Waals surface area (Å²) in [5, 5.41) is 15.3. The van der Waals surface area contributed by atoms with E-state index in [0.29, 0.717) is 12.5 Å². The summed E-state index contributed by atoms with van der Waals surface area (Å²) in [7, 11) is 1.54. The molecule has 0 aliphatic heterocycles. The lowest BCUT2D eigenvalue weighted by Gasteiger charge is -2.08. The summed E-state index contributed by atoms with van der Waals surface area (Å²) in [4.78, 5) is 22.6. The minimum atomic E-state index is -1.15. The fourth-order valence-corrected chi connectivity index (χ4v) is 1.24. The lowest BCUT2D eigenvalue weighted by molar-refractivity contribution is 0.0690. The first-order valence-corrected chi connectivity index (χ1v) is 4.97. The van der Waals surface area contributed by atoms with Gasteiger partial charge in [-0.25, -0.2) is 4.79 Å². The first kappa shape index (κ1) is 12.2. The van der Waals surface area contributed by atoms with Crippen molar-refractivity contribution in [1.82, 2.24) is 15.1 Å². The van der Waals surface area contributed by atoms with Gasteiger partial charge in [-0.3, -0.25) is 9.48 Å². The molecule has 88 valence electrons. The lowest BCUT2D eigenvalue weighted by Crippen LogP contribution is -2.30. The number of carboxylic acid groups (broad SMARTS) is 1. The Morgan fingerprint density at radius 1 is 1.56 bits per heavy atom. The van der Waals surface area contributed by atoms with Gasteiger partial charge in [-0.1, -0.05) is 13.8 Å². The number of amides is 1. The van der Waals surface area contributed by atoms with E-state index < -0.39 is 11.9 Å². The van der Waals surface area contributed by atoms with E-state index in [-0.39, 0.29) is 11.3 Å². The molecule has 16 heavy (non-hydrogen) atoms. The molecule has 6 nitrogen and oxygen atoms in total. The molecule has 1 aromatic rings. The van der Waals surface area contributed by atoms with Crippen LogP contribution < -0.4 is 5.32 Å². The summed E-state index contributed by atoms with van der Waals surface area (Å²) in [5.74, 6) is -1.25. The van der Waals surface area contributed by atoms with Crippen molar-refractivity contribution in [1.29, 1.82) is 0 Å². The monoisotopic (exact) mass is 225 g/mol. The number of carbonyl (C=O) groups is 2. The van der Waals surface area contributed by atoms with Crippen molar-refractivity contribution < 1.29 is 14.7 Å². The van der Waals surface area contributed by atoms with Crippen LogP contribution in [0.1, 0.15) is 34.7 Å². The summed E-state index contributed by atoms with van der Waals surface area (Å²) in [6.07, 6.45) is 1.17. The molecule has 0 aromatic carbocycles. The van der Waals surface area contributed by atoms with E-state index in [1.54, 1.807) is 0 Å². The largest absolute Gasteiger partial charge is 0.478 e. The van der Waals surface area contributed by atoms with Gasteiger partial charge in [0, 0.05) is 13.6 Å². The third-order valence-electron chi connectivity index (χ3n) is 2.06. The highest BCUT2D eigenvalue weighted by atomic mass is 16.4. The van der Waals surface area contributed by atoms with Gasteiger partial charge in [-0.2, -0.15) is 5.10 Å². The molecule has 0 aliphatic carbocycles. The molecular formula is C10H15N3O3.